The Morgan fingerprint density at radius 1 is 1.50 bits per heavy atom. The van der Waals surface area contributed by atoms with Crippen LogP contribution < -0.4 is 0 Å². The first kappa shape index (κ1) is 15.1. The van der Waals surface area contributed by atoms with Gasteiger partial charge in [-0.05, 0) is 38.1 Å². The fourth-order valence-corrected chi connectivity index (χ4v) is 3.54. The number of aliphatic hydroxyl groups is 1. The Hall–Kier alpha value is -1.31. The predicted molar refractivity (Wildman–Crippen MR) is 79.2 cm³/mol. The molecule has 1 aliphatic rings. The van der Waals surface area contributed by atoms with Crippen LogP contribution in [0.4, 0.5) is 0 Å². The number of hydrogen-bond donors (Lipinski definition) is 1. The molecule has 2 rings (SSSR count). The van der Waals surface area contributed by atoms with Crippen molar-refractivity contribution in [3.63, 3.8) is 0 Å². The monoisotopic (exact) mass is 292 g/mol. The second-order valence-corrected chi connectivity index (χ2v) is 6.72. The van der Waals surface area contributed by atoms with Crippen LogP contribution in [0.25, 0.3) is 0 Å². The molecule has 108 valence electrons. The van der Waals surface area contributed by atoms with Gasteiger partial charge in [0.25, 0.3) is 0 Å². The van der Waals surface area contributed by atoms with E-state index in [0.29, 0.717) is 4.88 Å². The van der Waals surface area contributed by atoms with Gasteiger partial charge in [-0.1, -0.05) is 24.8 Å². The number of ether oxygens (including phenoxy) is 1. The molecule has 3 nitrogen and oxygen atoms in total. The summed E-state index contributed by atoms with van der Waals surface area (Å²) in [6, 6.07) is 3.62. The van der Waals surface area contributed by atoms with Gasteiger partial charge in [0, 0.05) is 10.8 Å². The maximum Gasteiger partial charge on any atom is 0.345 e. The second-order valence-electron chi connectivity index (χ2n) is 5.77. The van der Waals surface area contributed by atoms with Crippen molar-refractivity contribution in [2.24, 2.45) is 5.92 Å². The lowest BCUT2D eigenvalue weighted by atomic mass is 9.84. The third kappa shape index (κ3) is 2.74. The van der Waals surface area contributed by atoms with E-state index in [1.165, 1.54) is 11.3 Å². The summed E-state index contributed by atoms with van der Waals surface area (Å²) in [5, 5.41) is 12.9. The van der Waals surface area contributed by atoms with Gasteiger partial charge in [-0.2, -0.15) is 0 Å². The van der Waals surface area contributed by atoms with Crippen molar-refractivity contribution in [3.8, 4) is 12.3 Å². The molecular formula is C16H20O3S. The van der Waals surface area contributed by atoms with Gasteiger partial charge >= 0.3 is 5.97 Å². The molecule has 0 bridgehead atoms. The lowest BCUT2D eigenvalue weighted by molar-refractivity contribution is -0.181. The van der Waals surface area contributed by atoms with E-state index >= 15 is 0 Å². The summed E-state index contributed by atoms with van der Waals surface area (Å²) in [4.78, 5) is 13.2. The van der Waals surface area contributed by atoms with E-state index in [2.05, 4.69) is 5.92 Å². The smallest absolute Gasteiger partial charge is 0.345 e. The molecule has 20 heavy (non-hydrogen) atoms. The largest absolute Gasteiger partial charge is 0.444 e. The molecule has 0 saturated heterocycles. The van der Waals surface area contributed by atoms with Crippen LogP contribution in [0.15, 0.2) is 17.5 Å². The van der Waals surface area contributed by atoms with Crippen molar-refractivity contribution in [1.82, 2.24) is 0 Å². The molecule has 0 amide bonds. The van der Waals surface area contributed by atoms with Gasteiger partial charge in [-0.15, -0.1) is 17.8 Å². The molecule has 1 aliphatic carbocycles. The highest BCUT2D eigenvalue weighted by Crippen LogP contribution is 2.43. The van der Waals surface area contributed by atoms with Crippen LogP contribution in [0.5, 0.6) is 0 Å². The summed E-state index contributed by atoms with van der Waals surface area (Å²) in [5.41, 5.74) is -2.58. The minimum Gasteiger partial charge on any atom is -0.444 e. The Morgan fingerprint density at radius 3 is 2.65 bits per heavy atom. The molecule has 1 aromatic rings. The average Bonchev–Trinajstić information content (AvgIpc) is 3.10. The van der Waals surface area contributed by atoms with Gasteiger partial charge in [-0.25, -0.2) is 4.79 Å². The van der Waals surface area contributed by atoms with E-state index in [1.807, 2.05) is 11.4 Å². The number of thiophene rings is 1. The van der Waals surface area contributed by atoms with Gasteiger partial charge in [0.05, 0.1) is 0 Å². The minimum absolute atomic E-state index is 0.0952. The van der Waals surface area contributed by atoms with Crippen LogP contribution in [-0.2, 0) is 15.1 Å². The van der Waals surface area contributed by atoms with E-state index in [9.17, 15) is 9.90 Å². The number of carbonyl (C=O) groups is 1. The summed E-state index contributed by atoms with van der Waals surface area (Å²) >= 11 is 1.38. The van der Waals surface area contributed by atoms with Gasteiger partial charge in [-0.3, -0.25) is 0 Å². The maximum atomic E-state index is 12.6. The van der Waals surface area contributed by atoms with E-state index in [-0.39, 0.29) is 5.92 Å². The summed E-state index contributed by atoms with van der Waals surface area (Å²) in [6.07, 6.45) is 9.09. The van der Waals surface area contributed by atoms with Gasteiger partial charge in [0.15, 0.2) is 11.2 Å². The van der Waals surface area contributed by atoms with Crippen molar-refractivity contribution in [3.05, 3.63) is 22.4 Å². The maximum absolute atomic E-state index is 12.6. The zero-order chi connectivity index (χ0) is 14.8. The van der Waals surface area contributed by atoms with Crippen molar-refractivity contribution in [2.45, 2.75) is 50.7 Å². The van der Waals surface area contributed by atoms with Crippen LogP contribution in [0, 0.1) is 18.3 Å². The topological polar surface area (TPSA) is 46.5 Å². The summed E-state index contributed by atoms with van der Waals surface area (Å²) in [6.45, 7) is 3.29. The Bertz CT molecular complexity index is 506. The van der Waals surface area contributed by atoms with Gasteiger partial charge in [0.1, 0.15) is 0 Å². The SMILES string of the molecule is C#CC(C)(C)OC(=O)C(O)(c1cccs1)C1CCCC1. The van der Waals surface area contributed by atoms with E-state index < -0.39 is 17.2 Å². The lowest BCUT2D eigenvalue weighted by Gasteiger charge is -2.33. The quantitative estimate of drug-likeness (QED) is 0.685. The second kappa shape index (κ2) is 5.59. The lowest BCUT2D eigenvalue weighted by Crippen LogP contribution is -2.45. The molecule has 0 spiro atoms. The van der Waals surface area contributed by atoms with Crippen molar-refractivity contribution in [2.75, 3.05) is 0 Å². The van der Waals surface area contributed by atoms with E-state index in [4.69, 9.17) is 11.2 Å². The van der Waals surface area contributed by atoms with E-state index in [1.54, 1.807) is 19.9 Å². The van der Waals surface area contributed by atoms with Gasteiger partial charge in [0.2, 0.25) is 0 Å². The number of hydrogen-bond acceptors (Lipinski definition) is 4. The fourth-order valence-electron chi connectivity index (χ4n) is 2.65. The molecule has 1 unspecified atom stereocenters. The fraction of sp³-hybridized carbons (Fsp3) is 0.562. The van der Waals surface area contributed by atoms with Crippen molar-refractivity contribution >= 4 is 17.3 Å². The average molecular weight is 292 g/mol. The first-order valence-electron chi connectivity index (χ1n) is 6.87. The highest BCUT2D eigenvalue weighted by molar-refractivity contribution is 7.10. The minimum atomic E-state index is -1.57. The van der Waals surface area contributed by atoms with E-state index in [0.717, 1.165) is 25.7 Å². The molecule has 1 N–H and O–H groups in total. The van der Waals surface area contributed by atoms with Gasteiger partial charge < -0.3 is 9.84 Å². The molecule has 1 atom stereocenters. The van der Waals surface area contributed by atoms with Crippen LogP contribution >= 0.6 is 11.3 Å². The zero-order valence-electron chi connectivity index (χ0n) is 11.9. The molecule has 1 saturated carbocycles. The molecule has 0 aromatic carbocycles. The number of terminal acetylenes is 1. The number of carbonyl (C=O) groups excluding carboxylic acids is 1. The highest BCUT2D eigenvalue weighted by Gasteiger charge is 2.49. The molecule has 1 aromatic heterocycles. The highest BCUT2D eigenvalue weighted by atomic mass is 32.1. The Kier molecular flexibility index (Phi) is 4.22. The Labute approximate surface area is 124 Å². The van der Waals surface area contributed by atoms with Crippen LogP contribution in [0.1, 0.15) is 44.4 Å². The van der Waals surface area contributed by atoms with Crippen molar-refractivity contribution in [1.29, 1.82) is 0 Å². The Morgan fingerprint density at radius 2 is 2.15 bits per heavy atom. The number of rotatable bonds is 4. The molecule has 0 radical (unpaired) electrons. The zero-order valence-corrected chi connectivity index (χ0v) is 12.7. The van der Waals surface area contributed by atoms with Crippen LogP contribution in [-0.4, -0.2) is 16.7 Å². The third-order valence-electron chi connectivity index (χ3n) is 3.85. The summed E-state index contributed by atoms with van der Waals surface area (Å²) < 4.78 is 5.37. The predicted octanol–water partition coefficient (Wildman–Crippen LogP) is 3.08. The molecule has 1 fully saturated rings. The molecule has 0 aliphatic heterocycles. The number of esters is 1. The van der Waals surface area contributed by atoms with Crippen LogP contribution in [0.3, 0.4) is 0 Å². The first-order valence-corrected chi connectivity index (χ1v) is 7.75. The van der Waals surface area contributed by atoms with Crippen LogP contribution in [0.2, 0.25) is 0 Å². The molecule has 4 heteroatoms. The summed E-state index contributed by atoms with van der Waals surface area (Å²) in [5.74, 6) is 1.70. The first-order chi connectivity index (χ1) is 9.40. The third-order valence-corrected chi connectivity index (χ3v) is 4.84. The standard InChI is InChI=1S/C16H20O3S/c1-4-15(2,3)19-14(17)16(18,12-8-5-6-9-12)13-10-7-11-20-13/h1,7,10-12,18H,5-6,8-9H2,2-3H3. The Balaban J connectivity index is 2.32. The molecule has 1 heterocycles. The molecular weight excluding hydrogens is 272 g/mol. The normalized spacial score (nSPS) is 19.3. The summed E-state index contributed by atoms with van der Waals surface area (Å²) in [7, 11) is 0. The van der Waals surface area contributed by atoms with Crippen molar-refractivity contribution < 1.29 is 14.6 Å².